The SMILES string of the molecule is C=C/C(=C\C=C/NC)C(C)=Cc1ccccc1. The molecule has 88 valence electrons. The smallest absolute Gasteiger partial charge is 0.00277 e. The minimum Gasteiger partial charge on any atom is -0.394 e. The number of benzene rings is 1. The molecule has 0 bridgehead atoms. The van der Waals surface area contributed by atoms with Crippen LogP contribution in [0.3, 0.4) is 0 Å². The highest BCUT2D eigenvalue weighted by atomic mass is 14.8. The molecular weight excluding hydrogens is 206 g/mol. The Balaban J connectivity index is 2.90. The highest BCUT2D eigenvalue weighted by Crippen LogP contribution is 2.15. The molecule has 0 saturated carbocycles. The zero-order chi connectivity index (χ0) is 12.5. The van der Waals surface area contributed by atoms with Gasteiger partial charge in [0.25, 0.3) is 0 Å². The molecule has 1 aromatic carbocycles. The van der Waals surface area contributed by atoms with Crippen molar-refractivity contribution < 1.29 is 0 Å². The van der Waals surface area contributed by atoms with E-state index in [4.69, 9.17) is 0 Å². The Morgan fingerprint density at radius 3 is 2.53 bits per heavy atom. The molecule has 0 spiro atoms. The van der Waals surface area contributed by atoms with Gasteiger partial charge in [-0.15, -0.1) is 0 Å². The minimum absolute atomic E-state index is 1.13. The fraction of sp³-hybridized carbons (Fsp3) is 0.125. The maximum atomic E-state index is 3.84. The third-order valence-electron chi connectivity index (χ3n) is 2.40. The number of rotatable bonds is 5. The van der Waals surface area contributed by atoms with Gasteiger partial charge in [-0.05, 0) is 35.9 Å². The lowest BCUT2D eigenvalue weighted by molar-refractivity contribution is 1.10. The van der Waals surface area contributed by atoms with Crippen molar-refractivity contribution in [2.75, 3.05) is 7.05 Å². The van der Waals surface area contributed by atoms with E-state index in [1.807, 2.05) is 49.7 Å². The Hall–Kier alpha value is -2.02. The lowest BCUT2D eigenvalue weighted by Gasteiger charge is -2.02. The molecule has 0 aromatic heterocycles. The van der Waals surface area contributed by atoms with Crippen LogP contribution in [0.25, 0.3) is 6.08 Å². The third-order valence-corrected chi connectivity index (χ3v) is 2.40. The molecule has 1 heteroatoms. The van der Waals surface area contributed by atoms with Gasteiger partial charge in [-0.25, -0.2) is 0 Å². The molecule has 0 saturated heterocycles. The second-order valence-corrected chi connectivity index (χ2v) is 3.71. The number of hydrogen-bond donors (Lipinski definition) is 1. The summed E-state index contributed by atoms with van der Waals surface area (Å²) in [6.07, 6.45) is 9.92. The van der Waals surface area contributed by atoms with Crippen molar-refractivity contribution in [1.82, 2.24) is 5.32 Å². The van der Waals surface area contributed by atoms with E-state index >= 15 is 0 Å². The van der Waals surface area contributed by atoms with E-state index in [1.54, 1.807) is 0 Å². The van der Waals surface area contributed by atoms with Crippen molar-refractivity contribution in [2.45, 2.75) is 6.92 Å². The van der Waals surface area contributed by atoms with Crippen LogP contribution in [0.4, 0.5) is 0 Å². The first kappa shape index (κ1) is 13.0. The van der Waals surface area contributed by atoms with Gasteiger partial charge < -0.3 is 5.32 Å². The zero-order valence-electron chi connectivity index (χ0n) is 10.5. The van der Waals surface area contributed by atoms with Gasteiger partial charge >= 0.3 is 0 Å². The van der Waals surface area contributed by atoms with Crippen LogP contribution in [-0.2, 0) is 0 Å². The van der Waals surface area contributed by atoms with Crippen LogP contribution < -0.4 is 5.32 Å². The van der Waals surface area contributed by atoms with Crippen molar-refractivity contribution in [1.29, 1.82) is 0 Å². The van der Waals surface area contributed by atoms with E-state index in [0.717, 1.165) is 5.57 Å². The van der Waals surface area contributed by atoms with Crippen molar-refractivity contribution in [2.24, 2.45) is 0 Å². The summed E-state index contributed by atoms with van der Waals surface area (Å²) < 4.78 is 0. The summed E-state index contributed by atoms with van der Waals surface area (Å²) in [5.74, 6) is 0. The molecule has 0 aliphatic carbocycles. The maximum Gasteiger partial charge on any atom is 0.00277 e. The van der Waals surface area contributed by atoms with Crippen LogP contribution in [0.15, 0.2) is 72.5 Å². The summed E-state index contributed by atoms with van der Waals surface area (Å²) in [5.41, 5.74) is 3.53. The Kier molecular flexibility index (Phi) is 5.59. The van der Waals surface area contributed by atoms with Gasteiger partial charge in [0.1, 0.15) is 0 Å². The maximum absolute atomic E-state index is 3.84. The van der Waals surface area contributed by atoms with Crippen LogP contribution in [0.1, 0.15) is 12.5 Å². The van der Waals surface area contributed by atoms with E-state index in [1.165, 1.54) is 11.1 Å². The highest BCUT2D eigenvalue weighted by Gasteiger charge is 1.94. The lowest BCUT2D eigenvalue weighted by Crippen LogP contribution is -1.90. The normalized spacial score (nSPS) is 12.8. The first-order valence-corrected chi connectivity index (χ1v) is 5.68. The topological polar surface area (TPSA) is 12.0 Å². The van der Waals surface area contributed by atoms with E-state index in [-0.39, 0.29) is 0 Å². The molecule has 1 rings (SSSR count). The summed E-state index contributed by atoms with van der Waals surface area (Å²) in [6.45, 7) is 5.93. The monoisotopic (exact) mass is 225 g/mol. The Labute approximate surface area is 104 Å². The predicted octanol–water partition coefficient (Wildman–Crippen LogP) is 3.94. The average molecular weight is 225 g/mol. The zero-order valence-corrected chi connectivity index (χ0v) is 10.5. The van der Waals surface area contributed by atoms with Crippen LogP contribution in [0, 0.1) is 0 Å². The molecule has 17 heavy (non-hydrogen) atoms. The number of allylic oxidation sites excluding steroid dienone is 5. The van der Waals surface area contributed by atoms with Crippen LogP contribution >= 0.6 is 0 Å². The summed E-state index contributed by atoms with van der Waals surface area (Å²) in [4.78, 5) is 0. The van der Waals surface area contributed by atoms with Crippen molar-refractivity contribution in [3.8, 4) is 0 Å². The molecule has 0 aliphatic rings. The summed E-state index contributed by atoms with van der Waals surface area (Å²) >= 11 is 0. The third kappa shape index (κ3) is 4.56. The quantitative estimate of drug-likeness (QED) is 0.748. The minimum atomic E-state index is 1.13. The lowest BCUT2D eigenvalue weighted by atomic mass is 10.0. The van der Waals surface area contributed by atoms with Gasteiger partial charge in [-0.3, -0.25) is 0 Å². The molecule has 1 nitrogen and oxygen atoms in total. The average Bonchev–Trinajstić information content (AvgIpc) is 2.36. The van der Waals surface area contributed by atoms with Crippen LogP contribution in [-0.4, -0.2) is 7.05 Å². The summed E-state index contributed by atoms with van der Waals surface area (Å²) in [5, 5.41) is 2.96. The standard InChI is InChI=1S/C16H19N/c1-4-16(11-8-12-17-3)14(2)13-15-9-6-5-7-10-15/h4-13,17H,1H2,2-3H3/b12-8-,14-13?,16-11+. The number of nitrogens with one attached hydrogen (secondary N) is 1. The second kappa shape index (κ2) is 7.29. The van der Waals surface area contributed by atoms with Crippen molar-refractivity contribution in [3.05, 3.63) is 78.0 Å². The van der Waals surface area contributed by atoms with Gasteiger partial charge in [0, 0.05) is 7.05 Å². The molecule has 1 aromatic rings. The van der Waals surface area contributed by atoms with Crippen LogP contribution in [0.5, 0.6) is 0 Å². The molecule has 0 aliphatic heterocycles. The van der Waals surface area contributed by atoms with Gasteiger partial charge in [0.05, 0.1) is 0 Å². The van der Waals surface area contributed by atoms with Gasteiger partial charge in [0.15, 0.2) is 0 Å². The molecule has 0 radical (unpaired) electrons. The van der Waals surface area contributed by atoms with E-state index in [9.17, 15) is 0 Å². The molecular formula is C16H19N. The molecule has 0 atom stereocenters. The molecule has 0 fully saturated rings. The Bertz CT molecular complexity index is 436. The molecule has 0 heterocycles. The van der Waals surface area contributed by atoms with Gasteiger partial charge in [-0.2, -0.15) is 0 Å². The Morgan fingerprint density at radius 2 is 1.94 bits per heavy atom. The largest absolute Gasteiger partial charge is 0.394 e. The van der Waals surface area contributed by atoms with E-state index in [2.05, 4.69) is 37.0 Å². The first-order valence-electron chi connectivity index (χ1n) is 5.68. The van der Waals surface area contributed by atoms with Crippen LogP contribution in [0.2, 0.25) is 0 Å². The molecule has 1 N–H and O–H groups in total. The molecule has 0 amide bonds. The Morgan fingerprint density at radius 1 is 1.24 bits per heavy atom. The predicted molar refractivity (Wildman–Crippen MR) is 76.6 cm³/mol. The number of hydrogen-bond acceptors (Lipinski definition) is 1. The van der Waals surface area contributed by atoms with Gasteiger partial charge in [-0.1, -0.05) is 55.1 Å². The van der Waals surface area contributed by atoms with E-state index < -0.39 is 0 Å². The second-order valence-electron chi connectivity index (χ2n) is 3.71. The molecule has 0 unspecified atom stereocenters. The van der Waals surface area contributed by atoms with Crippen molar-refractivity contribution in [3.63, 3.8) is 0 Å². The highest BCUT2D eigenvalue weighted by molar-refractivity contribution is 5.60. The summed E-state index contributed by atoms with van der Waals surface area (Å²) in [6, 6.07) is 10.3. The fourth-order valence-electron chi connectivity index (χ4n) is 1.49. The summed E-state index contributed by atoms with van der Waals surface area (Å²) in [7, 11) is 1.88. The fourth-order valence-corrected chi connectivity index (χ4v) is 1.49. The van der Waals surface area contributed by atoms with Gasteiger partial charge in [0.2, 0.25) is 0 Å². The van der Waals surface area contributed by atoms with E-state index in [0.29, 0.717) is 0 Å². The first-order chi connectivity index (χ1) is 8.27. The van der Waals surface area contributed by atoms with Crippen molar-refractivity contribution >= 4 is 6.08 Å².